The van der Waals surface area contributed by atoms with Crippen LogP contribution in [0.2, 0.25) is 0 Å². The first kappa shape index (κ1) is 20.2. The molecule has 1 atom stereocenters. The molecule has 4 nitrogen and oxygen atoms in total. The molecule has 0 saturated heterocycles. The van der Waals surface area contributed by atoms with E-state index >= 15 is 0 Å². The third kappa shape index (κ3) is 4.63. The van der Waals surface area contributed by atoms with E-state index in [1.54, 1.807) is 7.11 Å². The molecule has 148 valence electrons. The number of aromatic nitrogens is 1. The highest BCUT2D eigenvalue weighted by molar-refractivity contribution is 5.86. The second-order valence-corrected chi connectivity index (χ2v) is 7.25. The zero-order valence-corrected chi connectivity index (χ0v) is 17.1. The van der Waals surface area contributed by atoms with E-state index in [2.05, 4.69) is 78.5 Å². The molecular weight excluding hydrogens is 348 g/mol. The fraction of sp³-hybridized carbons (Fsp3) is 0.375. The summed E-state index contributed by atoms with van der Waals surface area (Å²) in [7, 11) is 1.68. The van der Waals surface area contributed by atoms with Gasteiger partial charge in [0.05, 0.1) is 0 Å². The topological polar surface area (TPSA) is 43.3 Å². The minimum Gasteiger partial charge on any atom is -0.385 e. The molecule has 1 amide bonds. The number of para-hydroxylation sites is 1. The van der Waals surface area contributed by atoms with Crippen molar-refractivity contribution in [2.75, 3.05) is 20.3 Å². The van der Waals surface area contributed by atoms with Crippen LogP contribution in [0.5, 0.6) is 0 Å². The molecule has 0 saturated carbocycles. The first-order chi connectivity index (χ1) is 13.6. The van der Waals surface area contributed by atoms with Gasteiger partial charge in [0.25, 0.3) is 0 Å². The molecule has 4 heteroatoms. The van der Waals surface area contributed by atoms with E-state index in [1.165, 1.54) is 27.6 Å². The van der Waals surface area contributed by atoms with Crippen molar-refractivity contribution in [3.63, 3.8) is 0 Å². The van der Waals surface area contributed by atoms with Crippen molar-refractivity contribution in [1.82, 2.24) is 9.88 Å². The normalized spacial score (nSPS) is 12.2. The molecule has 0 spiro atoms. The Bertz CT molecular complexity index is 912. The predicted molar refractivity (Wildman–Crippen MR) is 115 cm³/mol. The van der Waals surface area contributed by atoms with E-state index in [1.807, 2.05) is 0 Å². The van der Waals surface area contributed by atoms with Gasteiger partial charge in [0, 0.05) is 56.2 Å². The molecule has 1 heterocycles. The monoisotopic (exact) mass is 378 g/mol. The number of fused-ring (bicyclic) bond motifs is 1. The Kier molecular flexibility index (Phi) is 6.88. The minimum atomic E-state index is 0.0284. The van der Waals surface area contributed by atoms with Gasteiger partial charge in [-0.15, -0.1) is 0 Å². The van der Waals surface area contributed by atoms with Crippen molar-refractivity contribution >= 4 is 16.8 Å². The maximum Gasteiger partial charge on any atom is 0.220 e. The molecular formula is C24H30N2O2. The molecule has 0 aliphatic heterocycles. The highest BCUT2D eigenvalue weighted by atomic mass is 16.5. The van der Waals surface area contributed by atoms with E-state index in [-0.39, 0.29) is 11.8 Å². The van der Waals surface area contributed by atoms with Crippen LogP contribution in [0.1, 0.15) is 42.4 Å². The first-order valence-electron chi connectivity index (χ1n) is 10.0. The SMILES string of the molecule is CCn1cc(C(CC(=O)NCCCOC)c2ccc(C)cc2)c2ccccc21. The number of methoxy groups -OCH3 is 1. The molecule has 0 bridgehead atoms. The van der Waals surface area contributed by atoms with E-state index in [0.717, 1.165) is 13.0 Å². The summed E-state index contributed by atoms with van der Waals surface area (Å²) in [5.74, 6) is 0.107. The van der Waals surface area contributed by atoms with Crippen LogP contribution in [0.15, 0.2) is 54.7 Å². The van der Waals surface area contributed by atoms with Crippen LogP contribution in [0.3, 0.4) is 0 Å². The standard InChI is InChI=1S/C24H30N2O2/c1-4-26-17-22(20-8-5-6-9-23(20)26)21(19-12-10-18(2)11-13-19)16-24(27)25-14-7-15-28-3/h5-6,8-13,17,21H,4,7,14-16H2,1-3H3,(H,25,27). The summed E-state index contributed by atoms with van der Waals surface area (Å²) in [6.45, 7) is 6.45. The van der Waals surface area contributed by atoms with Crippen LogP contribution in [0.25, 0.3) is 10.9 Å². The van der Waals surface area contributed by atoms with Crippen LogP contribution in [0.4, 0.5) is 0 Å². The maximum absolute atomic E-state index is 12.7. The van der Waals surface area contributed by atoms with Crippen molar-refractivity contribution in [2.24, 2.45) is 0 Å². The fourth-order valence-electron chi connectivity index (χ4n) is 3.72. The van der Waals surface area contributed by atoms with Crippen molar-refractivity contribution in [2.45, 2.75) is 39.2 Å². The smallest absolute Gasteiger partial charge is 0.220 e. The lowest BCUT2D eigenvalue weighted by molar-refractivity contribution is -0.121. The maximum atomic E-state index is 12.7. The number of nitrogens with one attached hydrogen (secondary N) is 1. The van der Waals surface area contributed by atoms with E-state index < -0.39 is 0 Å². The molecule has 0 aliphatic carbocycles. The van der Waals surface area contributed by atoms with Crippen LogP contribution >= 0.6 is 0 Å². The molecule has 3 rings (SSSR count). The Morgan fingerprint density at radius 3 is 2.61 bits per heavy atom. The lowest BCUT2D eigenvalue weighted by atomic mass is 9.87. The molecule has 28 heavy (non-hydrogen) atoms. The number of carbonyl (C=O) groups is 1. The number of rotatable bonds is 9. The van der Waals surface area contributed by atoms with Crippen LogP contribution in [-0.4, -0.2) is 30.7 Å². The number of aryl methyl sites for hydroxylation is 2. The van der Waals surface area contributed by atoms with Crippen molar-refractivity contribution in [3.8, 4) is 0 Å². The number of hydrogen-bond donors (Lipinski definition) is 1. The van der Waals surface area contributed by atoms with Gasteiger partial charge >= 0.3 is 0 Å². The van der Waals surface area contributed by atoms with Gasteiger partial charge in [-0.25, -0.2) is 0 Å². The Balaban J connectivity index is 1.93. The lowest BCUT2D eigenvalue weighted by Crippen LogP contribution is -2.27. The van der Waals surface area contributed by atoms with Gasteiger partial charge in [0.2, 0.25) is 5.91 Å². The molecule has 0 aliphatic rings. The number of ether oxygens (including phenoxy) is 1. The minimum absolute atomic E-state index is 0.0284. The number of nitrogens with zero attached hydrogens (tertiary/aromatic N) is 1. The second kappa shape index (κ2) is 9.56. The molecule has 2 aromatic carbocycles. The number of benzene rings is 2. The predicted octanol–water partition coefficient (Wildman–Crippen LogP) is 4.64. The van der Waals surface area contributed by atoms with Gasteiger partial charge in [-0.05, 0) is 37.5 Å². The highest BCUT2D eigenvalue weighted by Crippen LogP contribution is 2.35. The third-order valence-electron chi connectivity index (χ3n) is 5.25. The first-order valence-corrected chi connectivity index (χ1v) is 10.0. The summed E-state index contributed by atoms with van der Waals surface area (Å²) in [6.07, 6.45) is 3.48. The Morgan fingerprint density at radius 1 is 1.14 bits per heavy atom. The Hall–Kier alpha value is -2.59. The zero-order chi connectivity index (χ0) is 19.9. The van der Waals surface area contributed by atoms with Crippen molar-refractivity contribution in [3.05, 3.63) is 71.4 Å². The summed E-state index contributed by atoms with van der Waals surface area (Å²) in [6, 6.07) is 17.0. The van der Waals surface area contributed by atoms with Crippen LogP contribution in [-0.2, 0) is 16.1 Å². The molecule has 3 aromatic rings. The number of amides is 1. The summed E-state index contributed by atoms with van der Waals surface area (Å²) < 4.78 is 7.33. The van der Waals surface area contributed by atoms with Gasteiger partial charge in [-0.1, -0.05) is 48.0 Å². The molecule has 1 unspecified atom stereocenters. The highest BCUT2D eigenvalue weighted by Gasteiger charge is 2.22. The summed E-state index contributed by atoms with van der Waals surface area (Å²) in [5.41, 5.74) is 4.84. The molecule has 0 radical (unpaired) electrons. The Morgan fingerprint density at radius 2 is 1.89 bits per heavy atom. The lowest BCUT2D eigenvalue weighted by Gasteiger charge is -2.17. The third-order valence-corrected chi connectivity index (χ3v) is 5.25. The van der Waals surface area contributed by atoms with Crippen LogP contribution < -0.4 is 5.32 Å². The van der Waals surface area contributed by atoms with Gasteiger partial charge < -0.3 is 14.6 Å². The zero-order valence-electron chi connectivity index (χ0n) is 17.1. The van der Waals surface area contributed by atoms with Crippen molar-refractivity contribution in [1.29, 1.82) is 0 Å². The Labute approximate surface area is 167 Å². The average Bonchev–Trinajstić information content (AvgIpc) is 3.09. The van der Waals surface area contributed by atoms with Crippen molar-refractivity contribution < 1.29 is 9.53 Å². The summed E-state index contributed by atoms with van der Waals surface area (Å²) in [4.78, 5) is 12.7. The van der Waals surface area contributed by atoms with Gasteiger partial charge in [-0.3, -0.25) is 4.79 Å². The number of carbonyl (C=O) groups excluding carboxylic acids is 1. The second-order valence-electron chi connectivity index (χ2n) is 7.25. The summed E-state index contributed by atoms with van der Waals surface area (Å²) in [5, 5.41) is 4.27. The average molecular weight is 379 g/mol. The number of hydrogen-bond acceptors (Lipinski definition) is 2. The molecule has 1 aromatic heterocycles. The largest absolute Gasteiger partial charge is 0.385 e. The van der Waals surface area contributed by atoms with Gasteiger partial charge in [0.15, 0.2) is 0 Å². The van der Waals surface area contributed by atoms with E-state index in [0.29, 0.717) is 19.6 Å². The summed E-state index contributed by atoms with van der Waals surface area (Å²) >= 11 is 0. The molecule has 1 N–H and O–H groups in total. The van der Waals surface area contributed by atoms with Crippen LogP contribution in [0, 0.1) is 6.92 Å². The van der Waals surface area contributed by atoms with E-state index in [9.17, 15) is 4.79 Å². The van der Waals surface area contributed by atoms with Gasteiger partial charge in [-0.2, -0.15) is 0 Å². The van der Waals surface area contributed by atoms with Gasteiger partial charge in [0.1, 0.15) is 0 Å². The fourth-order valence-corrected chi connectivity index (χ4v) is 3.72. The van der Waals surface area contributed by atoms with E-state index in [4.69, 9.17) is 4.74 Å². The quantitative estimate of drug-likeness (QED) is 0.551. The molecule has 0 fully saturated rings.